The van der Waals surface area contributed by atoms with Crippen LogP contribution in [0.15, 0.2) is 30.3 Å². The number of aliphatic hydroxyl groups is 1. The molecule has 0 spiro atoms. The number of aliphatic hydroxyl groups excluding tert-OH is 1. The number of halogens is 1. The van der Waals surface area contributed by atoms with Gasteiger partial charge in [0.25, 0.3) is 5.91 Å². The van der Waals surface area contributed by atoms with Crippen LogP contribution in [0, 0.1) is 12.7 Å². The molecule has 134 valence electrons. The molecule has 1 aromatic carbocycles. The third kappa shape index (κ3) is 2.84. The fourth-order valence-corrected chi connectivity index (χ4v) is 3.35. The van der Waals surface area contributed by atoms with Crippen LogP contribution in [0.3, 0.4) is 0 Å². The lowest BCUT2D eigenvalue weighted by molar-refractivity contribution is 0.0707. The first-order valence-electron chi connectivity index (χ1n) is 8.53. The Balaban J connectivity index is 1.69. The molecule has 0 saturated heterocycles. The van der Waals surface area contributed by atoms with Gasteiger partial charge < -0.3 is 10.0 Å². The number of fused-ring (bicyclic) bond motifs is 2. The van der Waals surface area contributed by atoms with E-state index in [1.807, 2.05) is 10.7 Å². The number of carbonyl (C=O) groups is 1. The molecule has 0 radical (unpaired) electrons. The quantitative estimate of drug-likeness (QED) is 0.768. The van der Waals surface area contributed by atoms with Gasteiger partial charge in [0, 0.05) is 23.7 Å². The van der Waals surface area contributed by atoms with Gasteiger partial charge in [-0.2, -0.15) is 5.10 Å². The molecule has 4 rings (SSSR count). The van der Waals surface area contributed by atoms with Gasteiger partial charge in [-0.25, -0.2) is 4.39 Å². The van der Waals surface area contributed by atoms with Crippen LogP contribution in [0.4, 0.5) is 4.39 Å². The van der Waals surface area contributed by atoms with E-state index in [9.17, 15) is 14.3 Å². The lowest BCUT2D eigenvalue weighted by atomic mass is 10.1. The lowest BCUT2D eigenvalue weighted by Gasteiger charge is -2.28. The molecule has 6 nitrogen and oxygen atoms in total. The summed E-state index contributed by atoms with van der Waals surface area (Å²) in [4.78, 5) is 19.2. The Morgan fingerprint density at radius 3 is 2.85 bits per heavy atom. The minimum atomic E-state index is -0.640. The Labute approximate surface area is 149 Å². The summed E-state index contributed by atoms with van der Waals surface area (Å²) >= 11 is 0. The SMILES string of the molecule is Cc1cc(C(=O)N2CCn3nc([C@H](C)O)cc3C2)c2ccc(F)cc2n1. The van der Waals surface area contributed by atoms with Crippen molar-refractivity contribution in [3.05, 3.63) is 58.8 Å². The standard InChI is InChI=1S/C19H19FN4O2/c1-11-7-16(15-4-3-13(20)8-18(15)21-11)19(26)23-5-6-24-14(10-23)9-17(22-24)12(2)25/h3-4,7-9,12,25H,5-6,10H2,1-2H3/t12-/m0/s1. The Morgan fingerprint density at radius 1 is 1.27 bits per heavy atom. The van der Waals surface area contributed by atoms with Crippen LogP contribution >= 0.6 is 0 Å². The molecule has 0 aliphatic carbocycles. The van der Waals surface area contributed by atoms with Crippen molar-refractivity contribution < 1.29 is 14.3 Å². The highest BCUT2D eigenvalue weighted by Gasteiger charge is 2.25. The van der Waals surface area contributed by atoms with Crippen molar-refractivity contribution in [1.29, 1.82) is 0 Å². The first kappa shape index (κ1) is 16.7. The molecule has 0 saturated carbocycles. The molecule has 1 aliphatic heterocycles. The summed E-state index contributed by atoms with van der Waals surface area (Å²) in [7, 11) is 0. The molecule has 0 unspecified atom stereocenters. The Bertz CT molecular complexity index is 1010. The number of carbonyl (C=O) groups excluding carboxylic acids is 1. The maximum Gasteiger partial charge on any atom is 0.255 e. The van der Waals surface area contributed by atoms with Crippen LogP contribution < -0.4 is 0 Å². The molecular weight excluding hydrogens is 335 g/mol. The van der Waals surface area contributed by atoms with E-state index in [0.29, 0.717) is 47.5 Å². The topological polar surface area (TPSA) is 71.2 Å². The Kier molecular flexibility index (Phi) is 3.96. The van der Waals surface area contributed by atoms with Crippen molar-refractivity contribution in [2.24, 2.45) is 0 Å². The molecule has 7 heteroatoms. The van der Waals surface area contributed by atoms with Crippen molar-refractivity contribution >= 4 is 16.8 Å². The average molecular weight is 354 g/mol. The first-order chi connectivity index (χ1) is 12.4. The van der Waals surface area contributed by atoms with Gasteiger partial charge in [0.05, 0.1) is 41.7 Å². The van der Waals surface area contributed by atoms with Gasteiger partial charge in [0.15, 0.2) is 0 Å². The number of hydrogen-bond donors (Lipinski definition) is 1. The second-order valence-corrected chi connectivity index (χ2v) is 6.66. The summed E-state index contributed by atoms with van der Waals surface area (Å²) < 4.78 is 15.4. The van der Waals surface area contributed by atoms with Crippen LogP contribution in [0.1, 0.15) is 40.5 Å². The second kappa shape index (κ2) is 6.17. The predicted molar refractivity (Wildman–Crippen MR) is 94.0 cm³/mol. The van der Waals surface area contributed by atoms with Gasteiger partial charge in [0.2, 0.25) is 0 Å². The minimum absolute atomic E-state index is 0.113. The van der Waals surface area contributed by atoms with E-state index >= 15 is 0 Å². The van der Waals surface area contributed by atoms with Crippen molar-refractivity contribution in [3.8, 4) is 0 Å². The number of rotatable bonds is 2. The van der Waals surface area contributed by atoms with Crippen LogP contribution in [-0.4, -0.2) is 37.2 Å². The predicted octanol–water partition coefficient (Wildman–Crippen LogP) is 2.59. The van der Waals surface area contributed by atoms with E-state index in [4.69, 9.17) is 0 Å². The largest absolute Gasteiger partial charge is 0.387 e. The van der Waals surface area contributed by atoms with E-state index in [0.717, 1.165) is 5.69 Å². The number of amides is 1. The molecule has 3 aromatic rings. The van der Waals surface area contributed by atoms with Gasteiger partial charge in [-0.05, 0) is 38.1 Å². The number of pyridine rings is 1. The molecule has 0 bridgehead atoms. The van der Waals surface area contributed by atoms with Crippen LogP contribution in [0.5, 0.6) is 0 Å². The number of aryl methyl sites for hydroxylation is 1. The summed E-state index contributed by atoms with van der Waals surface area (Å²) in [5.74, 6) is -0.486. The van der Waals surface area contributed by atoms with E-state index < -0.39 is 6.10 Å². The smallest absolute Gasteiger partial charge is 0.255 e. The maximum atomic E-state index is 13.5. The molecule has 0 fully saturated rings. The average Bonchev–Trinajstić information content (AvgIpc) is 3.03. The molecule has 1 N–H and O–H groups in total. The second-order valence-electron chi connectivity index (χ2n) is 6.66. The summed E-state index contributed by atoms with van der Waals surface area (Å²) in [6, 6.07) is 7.87. The summed E-state index contributed by atoms with van der Waals surface area (Å²) in [6.07, 6.45) is -0.640. The molecule has 1 atom stereocenters. The van der Waals surface area contributed by atoms with Gasteiger partial charge in [0.1, 0.15) is 5.82 Å². The van der Waals surface area contributed by atoms with Gasteiger partial charge in [-0.15, -0.1) is 0 Å². The summed E-state index contributed by atoms with van der Waals surface area (Å²) in [6.45, 7) is 4.98. The van der Waals surface area contributed by atoms with E-state index in [2.05, 4.69) is 10.1 Å². The number of hydrogen-bond acceptors (Lipinski definition) is 4. The maximum absolute atomic E-state index is 13.5. The summed E-state index contributed by atoms with van der Waals surface area (Å²) in [5.41, 5.74) is 3.17. The Hall–Kier alpha value is -2.80. The zero-order chi connectivity index (χ0) is 18.4. The lowest BCUT2D eigenvalue weighted by Crippen LogP contribution is -2.38. The van der Waals surface area contributed by atoms with E-state index in [-0.39, 0.29) is 11.7 Å². The highest BCUT2D eigenvalue weighted by molar-refractivity contribution is 6.06. The van der Waals surface area contributed by atoms with Crippen molar-refractivity contribution in [2.45, 2.75) is 33.0 Å². The summed E-state index contributed by atoms with van der Waals surface area (Å²) in [5, 5.41) is 14.7. The fraction of sp³-hybridized carbons (Fsp3) is 0.316. The van der Waals surface area contributed by atoms with E-state index in [1.165, 1.54) is 12.1 Å². The van der Waals surface area contributed by atoms with Crippen molar-refractivity contribution in [1.82, 2.24) is 19.7 Å². The monoisotopic (exact) mass is 354 g/mol. The number of aromatic nitrogens is 3. The zero-order valence-electron chi connectivity index (χ0n) is 14.6. The van der Waals surface area contributed by atoms with Crippen molar-refractivity contribution in [3.63, 3.8) is 0 Å². The van der Waals surface area contributed by atoms with Gasteiger partial charge >= 0.3 is 0 Å². The van der Waals surface area contributed by atoms with Gasteiger partial charge in [-0.3, -0.25) is 14.5 Å². The zero-order valence-corrected chi connectivity index (χ0v) is 14.6. The Morgan fingerprint density at radius 2 is 2.08 bits per heavy atom. The number of benzene rings is 1. The van der Waals surface area contributed by atoms with Crippen molar-refractivity contribution in [2.75, 3.05) is 6.54 Å². The van der Waals surface area contributed by atoms with Gasteiger partial charge in [-0.1, -0.05) is 0 Å². The third-order valence-corrected chi connectivity index (χ3v) is 4.66. The minimum Gasteiger partial charge on any atom is -0.387 e. The molecule has 1 amide bonds. The molecule has 26 heavy (non-hydrogen) atoms. The fourth-order valence-electron chi connectivity index (χ4n) is 3.35. The van der Waals surface area contributed by atoms with E-state index in [1.54, 1.807) is 30.9 Å². The molecule has 1 aliphatic rings. The third-order valence-electron chi connectivity index (χ3n) is 4.66. The van der Waals surface area contributed by atoms with Crippen LogP contribution in [0.25, 0.3) is 10.9 Å². The highest BCUT2D eigenvalue weighted by atomic mass is 19.1. The number of nitrogens with zero attached hydrogens (tertiary/aromatic N) is 4. The highest BCUT2D eigenvalue weighted by Crippen LogP contribution is 2.24. The van der Waals surface area contributed by atoms with Crippen LogP contribution in [0.2, 0.25) is 0 Å². The van der Waals surface area contributed by atoms with Crippen LogP contribution in [-0.2, 0) is 13.1 Å². The molecule has 3 heterocycles. The molecule has 2 aromatic heterocycles. The first-order valence-corrected chi connectivity index (χ1v) is 8.53. The normalized spacial score (nSPS) is 15.2. The molecular formula is C19H19FN4O2.